The summed E-state index contributed by atoms with van der Waals surface area (Å²) >= 11 is 0. The first-order valence-electron chi connectivity index (χ1n) is 6.11. The smallest absolute Gasteiger partial charge is 0.388 e. The Hall–Kier alpha value is -2.44. The largest absolute Gasteiger partial charge is 0.400 e. The molecule has 0 aromatic heterocycles. The highest BCUT2D eigenvalue weighted by Crippen LogP contribution is 2.36. The molecule has 7 heteroatoms. The first-order valence-corrected chi connectivity index (χ1v) is 6.11. The lowest BCUT2D eigenvalue weighted by molar-refractivity contribution is -0.227. The molecule has 1 aromatic rings. The van der Waals surface area contributed by atoms with E-state index in [-0.39, 0.29) is 0 Å². The lowest BCUT2D eigenvalue weighted by Gasteiger charge is -2.35. The third-order valence-corrected chi connectivity index (χ3v) is 2.72. The molecule has 1 heterocycles. The molecule has 0 spiro atoms. The van der Waals surface area contributed by atoms with Gasteiger partial charge in [0.2, 0.25) is 0 Å². The highest BCUT2D eigenvalue weighted by atomic mass is 16.8. The molecule has 0 radical (unpaired) electrons. The summed E-state index contributed by atoms with van der Waals surface area (Å²) in [6.45, 7) is 4.12. The van der Waals surface area contributed by atoms with Gasteiger partial charge in [-0.15, -0.1) is 0 Å². The van der Waals surface area contributed by atoms with E-state index in [1.807, 2.05) is 6.07 Å². The third-order valence-electron chi connectivity index (χ3n) is 2.72. The van der Waals surface area contributed by atoms with Gasteiger partial charge in [-0.3, -0.25) is 9.59 Å². The number of para-hydroxylation sites is 1. The SMILES string of the molecule is CC(=O)OC1(OC(C)=O)[C@@H](C)N=NN1c1ccccc1. The standard InChI is InChI=1S/C13H15N3O4/c1-9-13(19-10(2)17,20-11(3)18)16(15-14-9)12-7-5-4-6-8-12/h4-9H,1-3H3/t9-/m1/s1. The number of hydrogen-bond donors (Lipinski definition) is 0. The molecule has 0 saturated carbocycles. The molecule has 20 heavy (non-hydrogen) atoms. The van der Waals surface area contributed by atoms with E-state index in [1.54, 1.807) is 31.2 Å². The van der Waals surface area contributed by atoms with Gasteiger partial charge in [0.05, 0.1) is 5.69 Å². The fourth-order valence-electron chi connectivity index (χ4n) is 1.93. The van der Waals surface area contributed by atoms with Crippen LogP contribution in [0.1, 0.15) is 20.8 Å². The topological polar surface area (TPSA) is 80.6 Å². The van der Waals surface area contributed by atoms with Gasteiger partial charge in [0.1, 0.15) is 0 Å². The van der Waals surface area contributed by atoms with Gasteiger partial charge in [-0.2, -0.15) is 10.1 Å². The average Bonchev–Trinajstić information content (AvgIpc) is 2.66. The summed E-state index contributed by atoms with van der Waals surface area (Å²) in [5.74, 6) is -2.86. The lowest BCUT2D eigenvalue weighted by Crippen LogP contribution is -2.56. The highest BCUT2D eigenvalue weighted by molar-refractivity contribution is 5.70. The van der Waals surface area contributed by atoms with Crippen LogP contribution in [0.4, 0.5) is 5.69 Å². The second kappa shape index (κ2) is 5.28. The van der Waals surface area contributed by atoms with E-state index in [4.69, 9.17) is 9.47 Å². The van der Waals surface area contributed by atoms with Crippen LogP contribution in [0.5, 0.6) is 0 Å². The number of nitrogens with zero attached hydrogens (tertiary/aromatic N) is 3. The van der Waals surface area contributed by atoms with E-state index in [1.165, 1.54) is 18.9 Å². The van der Waals surface area contributed by atoms with Crippen molar-refractivity contribution in [3.8, 4) is 0 Å². The fraction of sp³-hybridized carbons (Fsp3) is 0.385. The van der Waals surface area contributed by atoms with Crippen molar-refractivity contribution in [2.45, 2.75) is 32.7 Å². The van der Waals surface area contributed by atoms with Crippen LogP contribution in [0.3, 0.4) is 0 Å². The Morgan fingerprint density at radius 3 is 2.20 bits per heavy atom. The second-order valence-corrected chi connectivity index (χ2v) is 4.35. The summed E-state index contributed by atoms with van der Waals surface area (Å²) in [6.07, 6.45) is 0. The molecule has 1 aliphatic heterocycles. The van der Waals surface area contributed by atoms with Gasteiger partial charge in [-0.1, -0.05) is 23.4 Å². The van der Waals surface area contributed by atoms with Crippen molar-refractivity contribution in [2.75, 3.05) is 5.01 Å². The van der Waals surface area contributed by atoms with Crippen LogP contribution in [0.25, 0.3) is 0 Å². The van der Waals surface area contributed by atoms with Crippen molar-refractivity contribution in [2.24, 2.45) is 10.3 Å². The Labute approximate surface area is 116 Å². The zero-order valence-electron chi connectivity index (χ0n) is 11.4. The van der Waals surface area contributed by atoms with Crippen LogP contribution < -0.4 is 5.01 Å². The number of carbonyl (C=O) groups is 2. The molecule has 0 unspecified atom stereocenters. The molecular weight excluding hydrogens is 262 g/mol. The molecule has 0 aliphatic carbocycles. The van der Waals surface area contributed by atoms with Crippen molar-refractivity contribution >= 4 is 17.6 Å². The molecule has 0 bridgehead atoms. The Kier molecular flexibility index (Phi) is 3.69. The lowest BCUT2D eigenvalue weighted by atomic mass is 10.2. The molecule has 0 saturated heterocycles. The number of ether oxygens (including phenoxy) is 2. The normalized spacial score (nSPS) is 19.8. The van der Waals surface area contributed by atoms with E-state index in [9.17, 15) is 9.59 Å². The minimum absolute atomic E-state index is 0.591. The Bertz CT molecular complexity index is 528. The van der Waals surface area contributed by atoms with Crippen LogP contribution >= 0.6 is 0 Å². The van der Waals surface area contributed by atoms with Crippen LogP contribution in [0, 0.1) is 0 Å². The van der Waals surface area contributed by atoms with Gasteiger partial charge in [0.15, 0.2) is 6.04 Å². The molecule has 1 aliphatic rings. The van der Waals surface area contributed by atoms with E-state index in [2.05, 4.69) is 10.3 Å². The van der Waals surface area contributed by atoms with E-state index in [0.29, 0.717) is 5.69 Å². The molecular formula is C13H15N3O4. The molecule has 1 atom stereocenters. The maximum absolute atomic E-state index is 11.4. The first kappa shape index (κ1) is 14.0. The Morgan fingerprint density at radius 2 is 1.70 bits per heavy atom. The molecule has 0 N–H and O–H groups in total. The summed E-state index contributed by atoms with van der Waals surface area (Å²) in [4.78, 5) is 22.8. The van der Waals surface area contributed by atoms with Crippen molar-refractivity contribution in [3.05, 3.63) is 30.3 Å². The van der Waals surface area contributed by atoms with Gasteiger partial charge < -0.3 is 9.47 Å². The molecule has 7 nitrogen and oxygen atoms in total. The maximum atomic E-state index is 11.4. The fourth-order valence-corrected chi connectivity index (χ4v) is 1.93. The number of esters is 2. The number of rotatable bonds is 3. The molecule has 0 amide bonds. The predicted molar refractivity (Wildman–Crippen MR) is 69.5 cm³/mol. The minimum Gasteiger partial charge on any atom is -0.400 e. The van der Waals surface area contributed by atoms with E-state index in [0.717, 1.165) is 0 Å². The summed E-state index contributed by atoms with van der Waals surface area (Å²) in [5, 5.41) is 9.19. The number of benzene rings is 1. The quantitative estimate of drug-likeness (QED) is 0.624. The molecule has 0 fully saturated rings. The Balaban J connectivity index is 2.44. The van der Waals surface area contributed by atoms with E-state index >= 15 is 0 Å². The number of hydrogen-bond acceptors (Lipinski definition) is 7. The monoisotopic (exact) mass is 277 g/mol. The summed E-state index contributed by atoms with van der Waals surface area (Å²) in [6, 6.07) is 8.27. The summed E-state index contributed by atoms with van der Waals surface area (Å²) in [5.41, 5.74) is 0.600. The van der Waals surface area contributed by atoms with Gasteiger partial charge in [0, 0.05) is 13.8 Å². The minimum atomic E-state index is -1.68. The zero-order valence-corrected chi connectivity index (χ0v) is 11.4. The van der Waals surface area contributed by atoms with Gasteiger partial charge >= 0.3 is 17.8 Å². The van der Waals surface area contributed by atoms with Crippen LogP contribution in [0.15, 0.2) is 40.7 Å². The van der Waals surface area contributed by atoms with Crippen molar-refractivity contribution in [1.82, 2.24) is 0 Å². The molecule has 106 valence electrons. The number of carbonyl (C=O) groups excluding carboxylic acids is 2. The van der Waals surface area contributed by atoms with Crippen LogP contribution in [0.2, 0.25) is 0 Å². The molecule has 1 aromatic carbocycles. The van der Waals surface area contributed by atoms with Crippen LogP contribution in [-0.4, -0.2) is 23.9 Å². The third kappa shape index (κ3) is 2.47. The average molecular weight is 277 g/mol. The zero-order chi connectivity index (χ0) is 14.8. The maximum Gasteiger partial charge on any atom is 0.388 e. The predicted octanol–water partition coefficient (Wildman–Crippen LogP) is 2.04. The summed E-state index contributed by atoms with van der Waals surface area (Å²) in [7, 11) is 0. The van der Waals surface area contributed by atoms with Gasteiger partial charge in [-0.25, -0.2) is 0 Å². The van der Waals surface area contributed by atoms with Crippen molar-refractivity contribution in [3.63, 3.8) is 0 Å². The van der Waals surface area contributed by atoms with Crippen molar-refractivity contribution < 1.29 is 19.1 Å². The van der Waals surface area contributed by atoms with Crippen molar-refractivity contribution in [1.29, 1.82) is 0 Å². The number of anilines is 1. The first-order chi connectivity index (χ1) is 9.45. The highest BCUT2D eigenvalue weighted by Gasteiger charge is 2.54. The molecule has 2 rings (SSSR count). The Morgan fingerprint density at radius 1 is 1.15 bits per heavy atom. The van der Waals surface area contributed by atoms with Crippen LogP contribution in [-0.2, 0) is 19.1 Å². The van der Waals surface area contributed by atoms with Gasteiger partial charge in [-0.05, 0) is 19.1 Å². The van der Waals surface area contributed by atoms with Gasteiger partial charge in [0.25, 0.3) is 0 Å². The summed E-state index contributed by atoms with van der Waals surface area (Å²) < 4.78 is 10.5. The van der Waals surface area contributed by atoms with E-state index < -0.39 is 23.9 Å². The second-order valence-electron chi connectivity index (χ2n) is 4.35.